The van der Waals surface area contributed by atoms with Crippen molar-refractivity contribution in [1.82, 2.24) is 0 Å². The first-order valence-corrected chi connectivity index (χ1v) is 10.4. The third-order valence-corrected chi connectivity index (χ3v) is 5.62. The second-order valence-corrected chi connectivity index (χ2v) is 8.40. The van der Waals surface area contributed by atoms with Crippen molar-refractivity contribution in [3.8, 4) is 0 Å². The molecule has 4 nitrogen and oxygen atoms in total. The molecule has 0 radical (unpaired) electrons. The number of benzene rings is 3. The summed E-state index contributed by atoms with van der Waals surface area (Å²) in [7, 11) is 0. The fourth-order valence-electron chi connectivity index (χ4n) is 3.52. The van der Waals surface area contributed by atoms with Crippen LogP contribution in [0.15, 0.2) is 76.9 Å². The number of aryl methyl sites for hydroxylation is 3. The minimum absolute atomic E-state index is 0.280. The molecule has 3 aromatic rings. The fourth-order valence-corrected chi connectivity index (χ4v) is 3.92. The monoisotopic (exact) mass is 460 g/mol. The SMILES string of the molecule is Cc1ccc(C2=C(Nc3cccc(Br)c3)C(=O)N(c3cc(C)ccc3C)C2=O)cc1. The highest BCUT2D eigenvalue weighted by Gasteiger charge is 2.40. The Balaban J connectivity index is 1.86. The average Bonchev–Trinajstić information content (AvgIpc) is 2.94. The molecule has 0 saturated heterocycles. The molecule has 2 amide bonds. The molecule has 1 N–H and O–H groups in total. The highest BCUT2D eigenvalue weighted by molar-refractivity contribution is 9.10. The minimum atomic E-state index is -0.357. The van der Waals surface area contributed by atoms with Crippen molar-refractivity contribution in [3.05, 3.63) is 99.2 Å². The van der Waals surface area contributed by atoms with E-state index in [1.165, 1.54) is 4.90 Å². The molecule has 1 heterocycles. The molecule has 3 aromatic carbocycles. The third-order valence-electron chi connectivity index (χ3n) is 5.12. The Labute approximate surface area is 184 Å². The van der Waals surface area contributed by atoms with Crippen LogP contribution in [0.4, 0.5) is 11.4 Å². The van der Waals surface area contributed by atoms with Crippen molar-refractivity contribution < 1.29 is 9.59 Å². The Morgan fingerprint density at radius 1 is 0.800 bits per heavy atom. The van der Waals surface area contributed by atoms with Crippen molar-refractivity contribution in [2.75, 3.05) is 10.2 Å². The molecular weight excluding hydrogens is 440 g/mol. The molecule has 0 fully saturated rings. The summed E-state index contributed by atoms with van der Waals surface area (Å²) in [6, 6.07) is 20.9. The first-order valence-electron chi connectivity index (χ1n) is 9.65. The standard InChI is InChI=1S/C25H21BrN2O2/c1-15-8-11-18(12-9-15)22-23(27-20-6-4-5-19(26)14-20)25(30)28(24(22)29)21-13-16(2)7-10-17(21)3/h4-14,27H,1-3H3. The number of nitrogens with one attached hydrogen (secondary N) is 1. The Hall–Kier alpha value is -3.18. The smallest absolute Gasteiger partial charge is 0.282 e. The lowest BCUT2D eigenvalue weighted by molar-refractivity contribution is -0.120. The van der Waals surface area contributed by atoms with Gasteiger partial charge in [0.05, 0.1) is 11.3 Å². The van der Waals surface area contributed by atoms with Crippen LogP contribution < -0.4 is 10.2 Å². The summed E-state index contributed by atoms with van der Waals surface area (Å²) in [5.74, 6) is -0.681. The average molecular weight is 461 g/mol. The van der Waals surface area contributed by atoms with Gasteiger partial charge in [0, 0.05) is 10.2 Å². The number of rotatable bonds is 4. The maximum atomic E-state index is 13.5. The number of hydrogen-bond donors (Lipinski definition) is 1. The van der Waals surface area contributed by atoms with E-state index in [0.717, 1.165) is 26.9 Å². The molecule has 1 aliphatic rings. The number of carbonyl (C=O) groups is 2. The predicted molar refractivity (Wildman–Crippen MR) is 124 cm³/mol. The van der Waals surface area contributed by atoms with Crippen molar-refractivity contribution in [3.63, 3.8) is 0 Å². The summed E-state index contributed by atoms with van der Waals surface area (Å²) < 4.78 is 0.883. The molecular formula is C25H21BrN2O2. The molecule has 0 aromatic heterocycles. The Bertz CT molecular complexity index is 1200. The van der Waals surface area contributed by atoms with E-state index < -0.39 is 0 Å². The summed E-state index contributed by atoms with van der Waals surface area (Å²) in [5.41, 5.74) is 5.65. The molecule has 30 heavy (non-hydrogen) atoms. The number of halogens is 1. The highest BCUT2D eigenvalue weighted by atomic mass is 79.9. The molecule has 4 rings (SSSR count). The van der Waals surface area contributed by atoms with E-state index in [-0.39, 0.29) is 17.5 Å². The van der Waals surface area contributed by atoms with Crippen molar-refractivity contribution in [1.29, 1.82) is 0 Å². The summed E-state index contributed by atoms with van der Waals surface area (Å²) in [5, 5.41) is 3.20. The Morgan fingerprint density at radius 3 is 2.20 bits per heavy atom. The van der Waals surface area contributed by atoms with Gasteiger partial charge in [-0.2, -0.15) is 0 Å². The number of nitrogens with zero attached hydrogens (tertiary/aromatic N) is 1. The van der Waals surface area contributed by atoms with Gasteiger partial charge in [-0.3, -0.25) is 9.59 Å². The van der Waals surface area contributed by atoms with Crippen LogP contribution in [0.1, 0.15) is 22.3 Å². The molecule has 0 atom stereocenters. The van der Waals surface area contributed by atoms with E-state index in [2.05, 4.69) is 21.2 Å². The van der Waals surface area contributed by atoms with Crippen LogP contribution in [0.3, 0.4) is 0 Å². The Kier molecular flexibility index (Phi) is 5.31. The molecule has 0 bridgehead atoms. The molecule has 0 saturated carbocycles. The third kappa shape index (κ3) is 3.68. The fraction of sp³-hybridized carbons (Fsp3) is 0.120. The lowest BCUT2D eigenvalue weighted by atomic mass is 10.0. The van der Waals surface area contributed by atoms with E-state index in [9.17, 15) is 9.59 Å². The van der Waals surface area contributed by atoms with Crippen LogP contribution in [0.25, 0.3) is 5.57 Å². The molecule has 0 unspecified atom stereocenters. The van der Waals surface area contributed by atoms with E-state index in [4.69, 9.17) is 0 Å². The minimum Gasteiger partial charge on any atom is -0.350 e. The van der Waals surface area contributed by atoms with Gasteiger partial charge in [0.1, 0.15) is 5.70 Å². The summed E-state index contributed by atoms with van der Waals surface area (Å²) >= 11 is 3.45. The molecule has 0 aliphatic carbocycles. The van der Waals surface area contributed by atoms with Gasteiger partial charge in [-0.05, 0) is 61.7 Å². The van der Waals surface area contributed by atoms with Crippen molar-refractivity contribution in [2.45, 2.75) is 20.8 Å². The van der Waals surface area contributed by atoms with E-state index >= 15 is 0 Å². The van der Waals surface area contributed by atoms with E-state index in [1.54, 1.807) is 0 Å². The zero-order chi connectivity index (χ0) is 21.4. The first-order chi connectivity index (χ1) is 14.3. The van der Waals surface area contributed by atoms with Crippen LogP contribution in [0, 0.1) is 20.8 Å². The maximum Gasteiger partial charge on any atom is 0.282 e. The van der Waals surface area contributed by atoms with Gasteiger partial charge in [0.15, 0.2) is 0 Å². The summed E-state index contributed by atoms with van der Waals surface area (Å²) in [6.45, 7) is 5.84. The summed E-state index contributed by atoms with van der Waals surface area (Å²) in [6.07, 6.45) is 0. The molecule has 0 spiro atoms. The van der Waals surface area contributed by atoms with Gasteiger partial charge in [-0.25, -0.2) is 4.90 Å². The first kappa shape index (κ1) is 20.1. The molecule has 150 valence electrons. The van der Waals surface area contributed by atoms with Gasteiger partial charge >= 0.3 is 0 Å². The van der Waals surface area contributed by atoms with Gasteiger partial charge in [0.25, 0.3) is 11.8 Å². The van der Waals surface area contributed by atoms with Gasteiger partial charge in [0.2, 0.25) is 0 Å². The van der Waals surface area contributed by atoms with Gasteiger partial charge in [-0.15, -0.1) is 0 Å². The lowest BCUT2D eigenvalue weighted by Gasteiger charge is -2.18. The quantitative estimate of drug-likeness (QED) is 0.502. The second kappa shape index (κ2) is 7.92. The second-order valence-electron chi connectivity index (χ2n) is 7.49. The van der Waals surface area contributed by atoms with Crippen LogP contribution in [-0.4, -0.2) is 11.8 Å². The summed E-state index contributed by atoms with van der Waals surface area (Å²) in [4.78, 5) is 28.3. The van der Waals surface area contributed by atoms with Crippen molar-refractivity contribution >= 4 is 44.7 Å². The van der Waals surface area contributed by atoms with Crippen LogP contribution in [0.5, 0.6) is 0 Å². The van der Waals surface area contributed by atoms with Crippen LogP contribution in [-0.2, 0) is 9.59 Å². The molecule has 1 aliphatic heterocycles. The number of hydrogen-bond acceptors (Lipinski definition) is 3. The van der Waals surface area contributed by atoms with E-state index in [0.29, 0.717) is 16.8 Å². The zero-order valence-electron chi connectivity index (χ0n) is 17.0. The highest BCUT2D eigenvalue weighted by Crippen LogP contribution is 2.35. The normalized spacial score (nSPS) is 13.9. The van der Waals surface area contributed by atoms with Crippen LogP contribution >= 0.6 is 15.9 Å². The number of carbonyl (C=O) groups excluding carboxylic acids is 2. The number of imide groups is 1. The Morgan fingerprint density at radius 2 is 1.50 bits per heavy atom. The zero-order valence-corrected chi connectivity index (χ0v) is 18.6. The lowest BCUT2D eigenvalue weighted by Crippen LogP contribution is -2.33. The number of anilines is 2. The molecule has 5 heteroatoms. The van der Waals surface area contributed by atoms with Gasteiger partial charge < -0.3 is 5.32 Å². The predicted octanol–water partition coefficient (Wildman–Crippen LogP) is 5.77. The topological polar surface area (TPSA) is 49.4 Å². The van der Waals surface area contributed by atoms with Gasteiger partial charge in [-0.1, -0.05) is 64.0 Å². The maximum absolute atomic E-state index is 13.5. The van der Waals surface area contributed by atoms with Crippen molar-refractivity contribution in [2.24, 2.45) is 0 Å². The van der Waals surface area contributed by atoms with Crippen LogP contribution in [0.2, 0.25) is 0 Å². The largest absolute Gasteiger partial charge is 0.350 e. The van der Waals surface area contributed by atoms with E-state index in [1.807, 2.05) is 87.5 Å². The number of amides is 2.